The largest absolute Gasteiger partial charge is 0.348 e. The maximum atomic E-state index is 12.3. The van der Waals surface area contributed by atoms with Crippen molar-refractivity contribution in [2.24, 2.45) is 11.8 Å². The van der Waals surface area contributed by atoms with Crippen molar-refractivity contribution >= 4 is 11.6 Å². The summed E-state index contributed by atoms with van der Waals surface area (Å²) in [4.78, 5) is 27.1. The van der Waals surface area contributed by atoms with Crippen LogP contribution in [0.4, 0.5) is 5.82 Å². The Hall–Kier alpha value is -1.49. The third kappa shape index (κ3) is 3.75. The molecule has 2 aliphatic heterocycles. The minimum absolute atomic E-state index is 0.156. The second kappa shape index (κ2) is 7.86. The van der Waals surface area contributed by atoms with E-state index in [1.54, 1.807) is 0 Å². The molecule has 3 aliphatic rings. The van der Waals surface area contributed by atoms with Crippen molar-refractivity contribution in [3.05, 3.63) is 18.1 Å². The van der Waals surface area contributed by atoms with E-state index in [9.17, 15) is 4.79 Å². The molecule has 2 atom stereocenters. The molecule has 4 rings (SSSR count). The quantitative estimate of drug-likeness (QED) is 0.792. The van der Waals surface area contributed by atoms with Gasteiger partial charge in [-0.05, 0) is 51.1 Å². The lowest BCUT2D eigenvalue weighted by atomic mass is 9.77. The number of likely N-dealkylation sites (N-methyl/N-ethyl adjacent to an activating group) is 1. The molecule has 27 heavy (non-hydrogen) atoms. The highest BCUT2D eigenvalue weighted by molar-refractivity contribution is 5.82. The number of carbonyl (C=O) groups is 1. The van der Waals surface area contributed by atoms with E-state index >= 15 is 0 Å². The van der Waals surface area contributed by atoms with Gasteiger partial charge in [-0.1, -0.05) is 20.8 Å². The lowest BCUT2D eigenvalue weighted by Crippen LogP contribution is -2.54. The fourth-order valence-electron chi connectivity index (χ4n) is 5.43. The van der Waals surface area contributed by atoms with Crippen LogP contribution in [0.15, 0.2) is 12.3 Å². The van der Waals surface area contributed by atoms with Gasteiger partial charge >= 0.3 is 0 Å². The van der Waals surface area contributed by atoms with Crippen LogP contribution < -0.4 is 4.90 Å². The average Bonchev–Trinajstić information content (AvgIpc) is 2.97. The fourth-order valence-corrected chi connectivity index (χ4v) is 5.43. The highest BCUT2D eigenvalue weighted by Gasteiger charge is 2.40. The molecule has 5 nitrogen and oxygen atoms in total. The Morgan fingerprint density at radius 3 is 2.37 bits per heavy atom. The molecule has 0 N–H and O–H groups in total. The molecular formula is C22H34N4O. The number of rotatable bonds is 5. The van der Waals surface area contributed by atoms with E-state index in [-0.39, 0.29) is 11.8 Å². The second-order valence-corrected chi connectivity index (χ2v) is 9.02. The maximum absolute atomic E-state index is 12.3. The molecule has 0 amide bonds. The van der Waals surface area contributed by atoms with Crippen LogP contribution in [0.1, 0.15) is 71.0 Å². The third-order valence-electron chi connectivity index (χ3n) is 6.99. The number of likely N-dealkylation sites (tertiary alicyclic amines) is 1. The summed E-state index contributed by atoms with van der Waals surface area (Å²) in [5, 5.41) is 0. The van der Waals surface area contributed by atoms with Crippen LogP contribution in [0.3, 0.4) is 0 Å². The van der Waals surface area contributed by atoms with Gasteiger partial charge in [-0.3, -0.25) is 9.69 Å². The zero-order valence-corrected chi connectivity index (χ0v) is 17.1. The molecule has 3 heterocycles. The Morgan fingerprint density at radius 1 is 1.11 bits per heavy atom. The van der Waals surface area contributed by atoms with Crippen LogP contribution in [0, 0.1) is 11.8 Å². The van der Waals surface area contributed by atoms with Crippen molar-refractivity contribution in [2.45, 2.75) is 77.3 Å². The third-order valence-corrected chi connectivity index (χ3v) is 6.99. The highest BCUT2D eigenvalue weighted by Crippen LogP contribution is 2.38. The van der Waals surface area contributed by atoms with Gasteiger partial charge in [-0.15, -0.1) is 0 Å². The van der Waals surface area contributed by atoms with Crippen LogP contribution in [0.25, 0.3) is 0 Å². The lowest BCUT2D eigenvalue weighted by Gasteiger charge is -2.41. The van der Waals surface area contributed by atoms with Gasteiger partial charge < -0.3 is 4.90 Å². The van der Waals surface area contributed by atoms with Crippen LogP contribution in [-0.2, 0) is 4.79 Å². The summed E-state index contributed by atoms with van der Waals surface area (Å²) in [6.07, 6.45) is 8.60. The van der Waals surface area contributed by atoms with Crippen LogP contribution in [0.2, 0.25) is 0 Å². The SMILES string of the molecule is CCN1CC2CCC(C1)N2c1ccnc(C2CCC(C(=O)C(C)C)CC2)n1. The normalized spacial score (nSPS) is 31.5. The number of Topliss-reactive ketones (excluding diaryl/α,β-unsaturated/α-hetero) is 1. The molecule has 0 radical (unpaired) electrons. The molecule has 2 saturated heterocycles. The van der Waals surface area contributed by atoms with E-state index < -0.39 is 0 Å². The number of anilines is 1. The molecule has 2 unspecified atom stereocenters. The zero-order chi connectivity index (χ0) is 19.0. The van der Waals surface area contributed by atoms with Gasteiger partial charge in [0, 0.05) is 49.1 Å². The van der Waals surface area contributed by atoms with Gasteiger partial charge in [0.25, 0.3) is 0 Å². The predicted octanol–water partition coefficient (Wildman–Crippen LogP) is 3.65. The molecule has 2 bridgehead atoms. The van der Waals surface area contributed by atoms with E-state index in [1.165, 1.54) is 12.8 Å². The van der Waals surface area contributed by atoms with Crippen molar-refractivity contribution in [3.8, 4) is 0 Å². The number of hydrogen-bond donors (Lipinski definition) is 0. The number of carbonyl (C=O) groups excluding carboxylic acids is 1. The highest BCUT2D eigenvalue weighted by atomic mass is 16.1. The predicted molar refractivity (Wildman–Crippen MR) is 108 cm³/mol. The van der Waals surface area contributed by atoms with Gasteiger partial charge in [-0.2, -0.15) is 0 Å². The van der Waals surface area contributed by atoms with E-state index in [0.29, 0.717) is 23.8 Å². The van der Waals surface area contributed by atoms with E-state index in [4.69, 9.17) is 4.98 Å². The molecule has 5 heteroatoms. The van der Waals surface area contributed by atoms with Gasteiger partial charge in [0.15, 0.2) is 0 Å². The first-order chi connectivity index (χ1) is 13.1. The summed E-state index contributed by atoms with van der Waals surface area (Å²) < 4.78 is 0. The molecule has 148 valence electrons. The van der Waals surface area contributed by atoms with Gasteiger partial charge in [0.05, 0.1) is 0 Å². The van der Waals surface area contributed by atoms with E-state index in [2.05, 4.69) is 27.8 Å². The Morgan fingerprint density at radius 2 is 1.78 bits per heavy atom. The van der Waals surface area contributed by atoms with Crippen LogP contribution in [0.5, 0.6) is 0 Å². The van der Waals surface area contributed by atoms with Gasteiger partial charge in [0.2, 0.25) is 0 Å². The van der Waals surface area contributed by atoms with Crippen molar-refractivity contribution in [2.75, 3.05) is 24.5 Å². The van der Waals surface area contributed by atoms with Gasteiger partial charge in [-0.25, -0.2) is 9.97 Å². The molecule has 1 aliphatic carbocycles. The number of hydrogen-bond acceptors (Lipinski definition) is 5. The molecule has 1 aromatic rings. The van der Waals surface area contributed by atoms with Crippen molar-refractivity contribution in [1.29, 1.82) is 0 Å². The summed E-state index contributed by atoms with van der Waals surface area (Å²) >= 11 is 0. The first-order valence-electron chi connectivity index (χ1n) is 10.9. The number of nitrogens with zero attached hydrogens (tertiary/aromatic N) is 4. The summed E-state index contributed by atoms with van der Waals surface area (Å²) in [7, 11) is 0. The lowest BCUT2D eigenvalue weighted by molar-refractivity contribution is -0.126. The van der Waals surface area contributed by atoms with E-state index in [0.717, 1.165) is 57.0 Å². The monoisotopic (exact) mass is 370 g/mol. The standard InChI is InChI=1S/C22H34N4O/c1-4-25-13-18-9-10-19(14-25)26(18)20-11-12-23-22(24-20)17-7-5-16(6-8-17)21(27)15(2)3/h11-12,15-19H,4-10,13-14H2,1-3H3. The molecule has 1 saturated carbocycles. The Kier molecular flexibility index (Phi) is 5.49. The summed E-state index contributed by atoms with van der Waals surface area (Å²) in [5.74, 6) is 3.39. The number of fused-ring (bicyclic) bond motifs is 2. The van der Waals surface area contributed by atoms with Crippen LogP contribution in [-0.4, -0.2) is 52.4 Å². The number of aromatic nitrogens is 2. The minimum Gasteiger partial charge on any atom is -0.348 e. The first kappa shape index (κ1) is 18.9. The Bertz CT molecular complexity index is 654. The second-order valence-electron chi connectivity index (χ2n) is 9.02. The summed E-state index contributed by atoms with van der Waals surface area (Å²) in [5.41, 5.74) is 0. The number of piperazine rings is 1. The van der Waals surface area contributed by atoms with Crippen molar-refractivity contribution in [3.63, 3.8) is 0 Å². The van der Waals surface area contributed by atoms with Crippen molar-refractivity contribution in [1.82, 2.24) is 14.9 Å². The van der Waals surface area contributed by atoms with E-state index in [1.807, 2.05) is 20.0 Å². The molecule has 3 fully saturated rings. The Balaban J connectivity index is 1.44. The topological polar surface area (TPSA) is 49.3 Å². The molecule has 0 aromatic carbocycles. The molecule has 0 spiro atoms. The number of ketones is 1. The Labute approximate surface area is 163 Å². The summed E-state index contributed by atoms with van der Waals surface area (Å²) in [6, 6.07) is 3.31. The van der Waals surface area contributed by atoms with Crippen LogP contribution >= 0.6 is 0 Å². The summed E-state index contributed by atoms with van der Waals surface area (Å²) in [6.45, 7) is 9.77. The maximum Gasteiger partial charge on any atom is 0.138 e. The zero-order valence-electron chi connectivity index (χ0n) is 17.1. The first-order valence-corrected chi connectivity index (χ1v) is 10.9. The fraction of sp³-hybridized carbons (Fsp3) is 0.773. The molecular weight excluding hydrogens is 336 g/mol. The van der Waals surface area contributed by atoms with Crippen molar-refractivity contribution < 1.29 is 4.79 Å². The molecule has 1 aromatic heterocycles. The average molecular weight is 371 g/mol. The minimum atomic E-state index is 0.156. The van der Waals surface area contributed by atoms with Gasteiger partial charge in [0.1, 0.15) is 17.4 Å². The smallest absolute Gasteiger partial charge is 0.138 e.